The first-order valence-corrected chi connectivity index (χ1v) is 13.0. The van der Waals surface area contributed by atoms with Crippen molar-refractivity contribution in [2.75, 3.05) is 11.1 Å². The van der Waals surface area contributed by atoms with E-state index in [4.69, 9.17) is 4.84 Å². The molecule has 11 nitrogen and oxygen atoms in total. The van der Waals surface area contributed by atoms with E-state index in [1.54, 1.807) is 6.08 Å². The number of β-lactam (4-membered cyclic amide) rings is 1. The number of anilines is 1. The number of thiazole rings is 1. The summed E-state index contributed by atoms with van der Waals surface area (Å²) in [5.41, 5.74) is 0.386. The average molecular weight is 621 g/mol. The van der Waals surface area contributed by atoms with Gasteiger partial charge >= 0.3 is 5.97 Å². The molecule has 1 saturated carbocycles. The van der Waals surface area contributed by atoms with Crippen molar-refractivity contribution in [1.82, 2.24) is 15.2 Å². The van der Waals surface area contributed by atoms with Gasteiger partial charge in [0.2, 0.25) is 6.41 Å². The molecule has 1 saturated heterocycles. The van der Waals surface area contributed by atoms with Gasteiger partial charge in [-0.25, -0.2) is 9.78 Å². The van der Waals surface area contributed by atoms with Crippen LogP contribution in [0.4, 0.5) is 5.13 Å². The minimum Gasteiger partial charge on any atom is -0.477 e. The first kappa shape index (κ1) is 23.9. The largest absolute Gasteiger partial charge is 0.477 e. The molecule has 2 atom stereocenters. The highest BCUT2D eigenvalue weighted by Gasteiger charge is 2.54. The third-order valence-corrected chi connectivity index (χ3v) is 7.27. The average Bonchev–Trinajstić information content (AvgIpc) is 3.48. The molecular weight excluding hydrogens is 606 g/mol. The molecule has 3 N–H and O–H groups in total. The Morgan fingerprint density at radius 3 is 2.76 bits per heavy atom. The minimum absolute atomic E-state index is 0.0720. The molecule has 1 aromatic heterocycles. The number of nitrogens with zero attached hydrogens (tertiary/aromatic N) is 3. The van der Waals surface area contributed by atoms with Crippen LogP contribution < -0.4 is 10.6 Å². The summed E-state index contributed by atoms with van der Waals surface area (Å²) < 4.78 is 0.545. The van der Waals surface area contributed by atoms with Crippen molar-refractivity contribution in [3.63, 3.8) is 0 Å². The third kappa shape index (κ3) is 5.15. The van der Waals surface area contributed by atoms with Crippen LogP contribution in [0, 0.1) is 0 Å². The Labute approximate surface area is 211 Å². The monoisotopic (exact) mass is 619 g/mol. The van der Waals surface area contributed by atoms with Crippen molar-refractivity contribution in [3.05, 3.63) is 31.8 Å². The summed E-state index contributed by atoms with van der Waals surface area (Å²) in [5, 5.41) is 19.9. The van der Waals surface area contributed by atoms with Crippen LogP contribution in [0.5, 0.6) is 0 Å². The Kier molecular flexibility index (Phi) is 7.21. The number of aromatic nitrogens is 1. The smallest absolute Gasteiger partial charge is 0.352 e. The fourth-order valence-electron chi connectivity index (χ4n) is 3.10. The standard InChI is InChI=1S/C18H15Br2N5O6S2/c19-10(20)3-7-4-32-16-12(15(28)25(16)13(7)17(29)30)23-14(27)11(24-31-8-1-2-8)9-5-33-18(22-9)21-6-26/h3,5-6,8,12,16H,1-2,4H2,(H,23,27)(H,29,30)(H,21,22,26)/t12-,16+/m1/s1. The first-order valence-electron chi connectivity index (χ1n) is 9.44. The van der Waals surface area contributed by atoms with E-state index in [2.05, 4.69) is 52.6 Å². The number of amides is 3. The maximum Gasteiger partial charge on any atom is 0.352 e. The molecule has 3 aliphatic rings. The lowest BCUT2D eigenvalue weighted by Crippen LogP contribution is -2.71. The number of fused-ring (bicyclic) bond motifs is 1. The Bertz CT molecular complexity index is 1110. The molecule has 1 aromatic rings. The zero-order valence-electron chi connectivity index (χ0n) is 16.5. The van der Waals surface area contributed by atoms with Gasteiger partial charge in [0.25, 0.3) is 11.8 Å². The van der Waals surface area contributed by atoms with E-state index in [1.807, 2.05) is 0 Å². The zero-order valence-corrected chi connectivity index (χ0v) is 21.3. The second-order valence-corrected chi connectivity index (χ2v) is 11.8. The van der Waals surface area contributed by atoms with E-state index in [0.29, 0.717) is 21.1 Å². The summed E-state index contributed by atoms with van der Waals surface area (Å²) in [6.45, 7) is 0. The van der Waals surface area contributed by atoms with Crippen LogP contribution in [0.2, 0.25) is 0 Å². The van der Waals surface area contributed by atoms with E-state index in [-0.39, 0.29) is 28.3 Å². The molecule has 0 bridgehead atoms. The number of carbonyl (C=O) groups is 4. The van der Waals surface area contributed by atoms with Gasteiger partial charge in [-0.15, -0.1) is 23.1 Å². The summed E-state index contributed by atoms with van der Waals surface area (Å²) in [6.07, 6.45) is 3.63. The van der Waals surface area contributed by atoms with Crippen LogP contribution in [-0.2, 0) is 24.0 Å². The zero-order chi connectivity index (χ0) is 23.7. The molecule has 174 valence electrons. The van der Waals surface area contributed by atoms with E-state index >= 15 is 0 Å². The predicted octanol–water partition coefficient (Wildman–Crippen LogP) is 1.96. The van der Waals surface area contributed by atoms with Crippen LogP contribution in [0.1, 0.15) is 18.5 Å². The number of carboxylic acids is 1. The lowest BCUT2D eigenvalue weighted by Gasteiger charge is -2.49. The van der Waals surface area contributed by atoms with E-state index in [9.17, 15) is 24.3 Å². The molecule has 33 heavy (non-hydrogen) atoms. The number of oxime groups is 1. The number of nitrogens with one attached hydrogen (secondary N) is 2. The number of halogens is 2. The molecule has 15 heteroatoms. The highest BCUT2D eigenvalue weighted by molar-refractivity contribution is 9.28. The highest BCUT2D eigenvalue weighted by atomic mass is 79.9. The van der Waals surface area contributed by atoms with Crippen LogP contribution >= 0.6 is 55.0 Å². The molecule has 1 aliphatic carbocycles. The van der Waals surface area contributed by atoms with Crippen molar-refractivity contribution in [2.24, 2.45) is 5.16 Å². The number of hydrogen-bond donors (Lipinski definition) is 3. The molecule has 0 spiro atoms. The topological polar surface area (TPSA) is 150 Å². The highest BCUT2D eigenvalue weighted by Crippen LogP contribution is 2.41. The number of carboxylic acid groups (broad SMARTS) is 1. The summed E-state index contributed by atoms with van der Waals surface area (Å²) in [6, 6.07) is -0.938. The van der Waals surface area contributed by atoms with Crippen molar-refractivity contribution >= 4 is 90.0 Å². The molecule has 0 unspecified atom stereocenters. The van der Waals surface area contributed by atoms with Crippen LogP contribution in [-0.4, -0.2) is 68.2 Å². The molecule has 2 aliphatic heterocycles. The molecule has 3 heterocycles. The van der Waals surface area contributed by atoms with Gasteiger partial charge in [0.15, 0.2) is 10.8 Å². The summed E-state index contributed by atoms with van der Waals surface area (Å²) in [5.74, 6) is -2.13. The number of thioether (sulfide) groups is 1. The van der Waals surface area contributed by atoms with Crippen molar-refractivity contribution in [2.45, 2.75) is 30.4 Å². The van der Waals surface area contributed by atoms with Crippen molar-refractivity contribution < 1.29 is 29.1 Å². The summed E-state index contributed by atoms with van der Waals surface area (Å²) in [4.78, 5) is 59.0. The summed E-state index contributed by atoms with van der Waals surface area (Å²) in [7, 11) is 0. The molecular formula is C18H15Br2N5O6S2. The first-order chi connectivity index (χ1) is 15.8. The maximum absolute atomic E-state index is 13.0. The fourth-order valence-corrected chi connectivity index (χ4v) is 5.61. The number of allylic oxidation sites excluding steroid dienone is 1. The van der Waals surface area contributed by atoms with E-state index in [0.717, 1.165) is 24.2 Å². The van der Waals surface area contributed by atoms with Gasteiger partial charge < -0.3 is 20.6 Å². The van der Waals surface area contributed by atoms with Gasteiger partial charge in [0, 0.05) is 11.1 Å². The normalized spacial score (nSPS) is 22.2. The molecule has 4 rings (SSSR count). The van der Waals surface area contributed by atoms with Gasteiger partial charge in [-0.1, -0.05) is 5.16 Å². The molecule has 0 radical (unpaired) electrons. The Morgan fingerprint density at radius 1 is 1.36 bits per heavy atom. The van der Waals surface area contributed by atoms with Gasteiger partial charge in [-0.05, 0) is 56.4 Å². The Hall–Kier alpha value is -2.23. The van der Waals surface area contributed by atoms with Crippen LogP contribution in [0.25, 0.3) is 0 Å². The molecule has 2 fully saturated rings. The van der Waals surface area contributed by atoms with Crippen LogP contribution in [0.15, 0.2) is 31.3 Å². The van der Waals surface area contributed by atoms with Gasteiger partial charge in [-0.3, -0.25) is 19.3 Å². The number of rotatable bonds is 9. The van der Waals surface area contributed by atoms with Crippen molar-refractivity contribution in [1.29, 1.82) is 0 Å². The predicted molar refractivity (Wildman–Crippen MR) is 128 cm³/mol. The van der Waals surface area contributed by atoms with Gasteiger partial charge in [-0.2, -0.15) is 0 Å². The van der Waals surface area contributed by atoms with Gasteiger partial charge in [0.05, 0.1) is 3.39 Å². The minimum atomic E-state index is -1.23. The molecule has 0 aromatic carbocycles. The summed E-state index contributed by atoms with van der Waals surface area (Å²) >= 11 is 8.85. The number of carbonyl (C=O) groups excluding carboxylic acids is 3. The lowest BCUT2D eigenvalue weighted by atomic mass is 10.0. The molecule has 3 amide bonds. The lowest BCUT2D eigenvalue weighted by molar-refractivity contribution is -0.150. The van der Waals surface area contributed by atoms with Crippen molar-refractivity contribution in [3.8, 4) is 0 Å². The van der Waals surface area contributed by atoms with Crippen LogP contribution in [0.3, 0.4) is 0 Å². The van der Waals surface area contributed by atoms with E-state index < -0.39 is 29.2 Å². The third-order valence-electron chi connectivity index (χ3n) is 4.73. The quantitative estimate of drug-likeness (QED) is 0.164. The number of hydrogen-bond acceptors (Lipinski definition) is 9. The SMILES string of the molecule is O=CNc1nc(C(=NOC2CC2)C(=O)N[C@@H]2C(=O)N3C(C(=O)O)=C(C=C(Br)Br)CS[C@@H]23)cs1. The Morgan fingerprint density at radius 2 is 2.12 bits per heavy atom. The van der Waals surface area contributed by atoms with E-state index in [1.165, 1.54) is 22.0 Å². The second kappa shape index (κ2) is 9.95. The van der Waals surface area contributed by atoms with Gasteiger partial charge in [0.1, 0.15) is 28.9 Å². The second-order valence-electron chi connectivity index (χ2n) is 7.02. The maximum atomic E-state index is 13.0. The fraction of sp³-hybridized carbons (Fsp3) is 0.333. The number of aliphatic carboxylic acids is 1. The Balaban J connectivity index is 1.53.